The molecule has 1 aromatic rings. The minimum Gasteiger partial charge on any atom is -0.353 e. The maximum Gasteiger partial charge on any atom is 0.242 e. The second-order valence-electron chi connectivity index (χ2n) is 5.46. The first-order valence-corrected chi connectivity index (χ1v) is 7.79. The van der Waals surface area contributed by atoms with Crippen LogP contribution in [0.4, 0.5) is 5.95 Å². The Kier molecular flexibility index (Phi) is 5.55. The summed E-state index contributed by atoms with van der Waals surface area (Å²) in [5, 5.41) is 11.7. The highest BCUT2D eigenvalue weighted by Gasteiger charge is 2.14. The summed E-state index contributed by atoms with van der Waals surface area (Å²) in [6, 6.07) is 0. The van der Waals surface area contributed by atoms with Crippen LogP contribution in [0.15, 0.2) is 0 Å². The molecule has 1 fully saturated rings. The molecule has 0 radical (unpaired) electrons. The normalized spacial score (nSPS) is 15.9. The zero-order valence-corrected chi connectivity index (χ0v) is 12.3. The van der Waals surface area contributed by atoms with Gasteiger partial charge < -0.3 is 5.32 Å². The van der Waals surface area contributed by atoms with Gasteiger partial charge in [0.25, 0.3) is 0 Å². The largest absolute Gasteiger partial charge is 0.353 e. The van der Waals surface area contributed by atoms with Gasteiger partial charge in [0.1, 0.15) is 0 Å². The van der Waals surface area contributed by atoms with E-state index in [1.807, 2.05) is 0 Å². The summed E-state index contributed by atoms with van der Waals surface area (Å²) in [6.45, 7) is 5.18. The molecular weight excluding hydrogens is 236 g/mol. The monoisotopic (exact) mass is 262 g/mol. The van der Waals surface area contributed by atoms with E-state index in [4.69, 9.17) is 0 Å². The first-order chi connectivity index (χ1) is 9.33. The predicted molar refractivity (Wildman–Crippen MR) is 78.3 cm³/mol. The highest BCUT2D eigenvalue weighted by Crippen LogP contribution is 2.28. The highest BCUT2D eigenvalue weighted by atomic mass is 15.2. The molecular formula is C15H26N4. The number of nitrogens with one attached hydrogen (secondary N) is 1. The van der Waals surface area contributed by atoms with Gasteiger partial charge in [0.2, 0.25) is 5.95 Å². The molecule has 0 bridgehead atoms. The van der Waals surface area contributed by atoms with Gasteiger partial charge in [-0.2, -0.15) is 5.10 Å². The van der Waals surface area contributed by atoms with Crippen LogP contribution >= 0.6 is 0 Å². The molecule has 0 unspecified atom stereocenters. The van der Waals surface area contributed by atoms with E-state index >= 15 is 0 Å². The Morgan fingerprint density at radius 1 is 1.05 bits per heavy atom. The maximum absolute atomic E-state index is 4.55. The van der Waals surface area contributed by atoms with E-state index < -0.39 is 0 Å². The summed E-state index contributed by atoms with van der Waals surface area (Å²) in [4.78, 5) is 4.55. The van der Waals surface area contributed by atoms with Crippen LogP contribution in [0, 0.1) is 5.92 Å². The third-order valence-corrected chi connectivity index (χ3v) is 4.06. The molecule has 0 atom stereocenters. The summed E-state index contributed by atoms with van der Waals surface area (Å²) in [6.07, 6.45) is 10.1. The van der Waals surface area contributed by atoms with Crippen LogP contribution in [0.1, 0.15) is 63.8 Å². The van der Waals surface area contributed by atoms with Crippen molar-refractivity contribution in [3.05, 3.63) is 11.4 Å². The van der Waals surface area contributed by atoms with E-state index in [0.717, 1.165) is 36.7 Å². The molecule has 4 nitrogen and oxygen atoms in total. The standard InChI is InChI=1S/C15H26N4/c1-3-13-14(4-2)18-19-15(17-13)16-11-7-10-12-8-5-6-9-12/h12H,3-11H2,1-2H3,(H,16,17,19). The average molecular weight is 262 g/mol. The second-order valence-corrected chi connectivity index (χ2v) is 5.46. The Labute approximate surface area is 116 Å². The Morgan fingerprint density at radius 2 is 1.79 bits per heavy atom. The fourth-order valence-corrected chi connectivity index (χ4v) is 2.90. The predicted octanol–water partition coefficient (Wildman–Crippen LogP) is 3.38. The molecule has 1 N–H and O–H groups in total. The van der Waals surface area contributed by atoms with E-state index in [1.165, 1.54) is 38.5 Å². The van der Waals surface area contributed by atoms with E-state index in [9.17, 15) is 0 Å². The molecule has 1 aliphatic rings. The number of aryl methyl sites for hydroxylation is 2. The van der Waals surface area contributed by atoms with Crippen LogP contribution in [0.25, 0.3) is 0 Å². The van der Waals surface area contributed by atoms with Gasteiger partial charge in [-0.15, -0.1) is 5.10 Å². The second kappa shape index (κ2) is 7.41. The molecule has 0 amide bonds. The molecule has 0 aliphatic heterocycles. The molecule has 0 saturated heterocycles. The summed E-state index contributed by atoms with van der Waals surface area (Å²) >= 11 is 0. The van der Waals surface area contributed by atoms with Crippen LogP contribution in [-0.2, 0) is 12.8 Å². The number of anilines is 1. The molecule has 1 aromatic heterocycles. The van der Waals surface area contributed by atoms with Gasteiger partial charge in [-0.1, -0.05) is 39.5 Å². The fourth-order valence-electron chi connectivity index (χ4n) is 2.90. The first kappa shape index (κ1) is 14.2. The topological polar surface area (TPSA) is 50.7 Å². The highest BCUT2D eigenvalue weighted by molar-refractivity contribution is 5.25. The summed E-state index contributed by atoms with van der Waals surface area (Å²) in [5.41, 5.74) is 2.11. The molecule has 1 heterocycles. The molecule has 106 valence electrons. The van der Waals surface area contributed by atoms with E-state index in [1.54, 1.807) is 0 Å². The fraction of sp³-hybridized carbons (Fsp3) is 0.800. The Bertz CT molecular complexity index is 386. The van der Waals surface area contributed by atoms with Gasteiger partial charge in [-0.3, -0.25) is 0 Å². The van der Waals surface area contributed by atoms with Crippen molar-refractivity contribution in [1.82, 2.24) is 15.2 Å². The van der Waals surface area contributed by atoms with Crippen LogP contribution in [-0.4, -0.2) is 21.7 Å². The van der Waals surface area contributed by atoms with Gasteiger partial charge in [0.15, 0.2) is 0 Å². The quantitative estimate of drug-likeness (QED) is 0.765. The van der Waals surface area contributed by atoms with Gasteiger partial charge in [-0.25, -0.2) is 4.98 Å². The van der Waals surface area contributed by atoms with Crippen LogP contribution < -0.4 is 5.32 Å². The van der Waals surface area contributed by atoms with Crippen molar-refractivity contribution >= 4 is 5.95 Å². The van der Waals surface area contributed by atoms with Gasteiger partial charge in [-0.05, 0) is 31.6 Å². The molecule has 1 saturated carbocycles. The number of hydrogen-bond donors (Lipinski definition) is 1. The lowest BCUT2D eigenvalue weighted by Crippen LogP contribution is -2.11. The van der Waals surface area contributed by atoms with Crippen molar-refractivity contribution in [3.8, 4) is 0 Å². The van der Waals surface area contributed by atoms with Gasteiger partial charge >= 0.3 is 0 Å². The van der Waals surface area contributed by atoms with Crippen LogP contribution in [0.3, 0.4) is 0 Å². The zero-order chi connectivity index (χ0) is 13.5. The SMILES string of the molecule is CCc1nnc(NCCCC2CCCC2)nc1CC. The lowest BCUT2D eigenvalue weighted by atomic mass is 10.0. The summed E-state index contributed by atoms with van der Waals surface area (Å²) < 4.78 is 0. The molecule has 1 aliphatic carbocycles. The molecule has 0 aromatic carbocycles. The van der Waals surface area contributed by atoms with Crippen molar-refractivity contribution in [2.75, 3.05) is 11.9 Å². The number of rotatable bonds is 7. The minimum atomic E-state index is 0.695. The lowest BCUT2D eigenvalue weighted by Gasteiger charge is -2.10. The summed E-state index contributed by atoms with van der Waals surface area (Å²) in [7, 11) is 0. The Balaban J connectivity index is 1.75. The lowest BCUT2D eigenvalue weighted by molar-refractivity contribution is 0.491. The van der Waals surface area contributed by atoms with E-state index in [0.29, 0.717) is 5.95 Å². The first-order valence-electron chi connectivity index (χ1n) is 7.79. The minimum absolute atomic E-state index is 0.695. The number of aromatic nitrogens is 3. The van der Waals surface area contributed by atoms with Crippen molar-refractivity contribution in [2.24, 2.45) is 5.92 Å². The molecule has 0 spiro atoms. The smallest absolute Gasteiger partial charge is 0.242 e. The Morgan fingerprint density at radius 3 is 2.47 bits per heavy atom. The van der Waals surface area contributed by atoms with Crippen molar-refractivity contribution in [2.45, 2.75) is 65.2 Å². The maximum atomic E-state index is 4.55. The average Bonchev–Trinajstić information content (AvgIpc) is 2.96. The molecule has 2 rings (SSSR count). The number of nitrogens with zero attached hydrogens (tertiary/aromatic N) is 3. The third-order valence-electron chi connectivity index (χ3n) is 4.06. The van der Waals surface area contributed by atoms with Crippen LogP contribution in [0.5, 0.6) is 0 Å². The van der Waals surface area contributed by atoms with Gasteiger partial charge in [0, 0.05) is 6.54 Å². The van der Waals surface area contributed by atoms with Crippen molar-refractivity contribution < 1.29 is 0 Å². The molecule has 19 heavy (non-hydrogen) atoms. The molecule has 4 heteroatoms. The van der Waals surface area contributed by atoms with Crippen molar-refractivity contribution in [1.29, 1.82) is 0 Å². The Hall–Kier alpha value is -1.19. The van der Waals surface area contributed by atoms with Crippen molar-refractivity contribution in [3.63, 3.8) is 0 Å². The summed E-state index contributed by atoms with van der Waals surface area (Å²) in [5.74, 6) is 1.66. The third kappa shape index (κ3) is 4.15. The number of hydrogen-bond acceptors (Lipinski definition) is 4. The van der Waals surface area contributed by atoms with E-state index in [2.05, 4.69) is 34.3 Å². The zero-order valence-electron chi connectivity index (χ0n) is 12.3. The van der Waals surface area contributed by atoms with Gasteiger partial charge in [0.05, 0.1) is 11.4 Å². The van der Waals surface area contributed by atoms with Crippen LogP contribution in [0.2, 0.25) is 0 Å². The van der Waals surface area contributed by atoms with E-state index in [-0.39, 0.29) is 0 Å².